The maximum absolute atomic E-state index is 12.3. The van der Waals surface area contributed by atoms with Gasteiger partial charge in [-0.2, -0.15) is 4.31 Å². The summed E-state index contributed by atoms with van der Waals surface area (Å²) in [5.74, 6) is 0.490. The van der Waals surface area contributed by atoms with E-state index in [4.69, 9.17) is 4.74 Å². The van der Waals surface area contributed by atoms with Gasteiger partial charge in [0, 0.05) is 26.2 Å². The van der Waals surface area contributed by atoms with E-state index >= 15 is 0 Å². The standard InChI is InChI=1S/C15H29N3O4S/c1-12-10-18(11-13(2)22-12)23(20,21)8-7-16-15(19)17-9-14-5-3-4-6-14/h12-14H,3-11H2,1-2H3,(H2,16,17,19)/t12-,13-/m1/s1. The average Bonchev–Trinajstić information content (AvgIpc) is 2.97. The van der Waals surface area contributed by atoms with Crippen LogP contribution in [0.15, 0.2) is 0 Å². The molecule has 2 atom stereocenters. The largest absolute Gasteiger partial charge is 0.373 e. The molecule has 1 aliphatic carbocycles. The van der Waals surface area contributed by atoms with E-state index in [0.717, 1.165) is 0 Å². The van der Waals surface area contributed by atoms with E-state index in [2.05, 4.69) is 10.6 Å². The molecule has 134 valence electrons. The van der Waals surface area contributed by atoms with Crippen LogP contribution >= 0.6 is 0 Å². The molecule has 8 heteroatoms. The Labute approximate surface area is 139 Å². The number of urea groups is 1. The van der Waals surface area contributed by atoms with Crippen molar-refractivity contribution in [3.8, 4) is 0 Å². The fourth-order valence-corrected chi connectivity index (χ4v) is 4.79. The van der Waals surface area contributed by atoms with E-state index in [1.807, 2.05) is 13.8 Å². The summed E-state index contributed by atoms with van der Waals surface area (Å²) in [6.45, 7) is 5.29. The number of rotatable bonds is 6. The highest BCUT2D eigenvalue weighted by Gasteiger charge is 2.30. The monoisotopic (exact) mass is 347 g/mol. The molecule has 0 radical (unpaired) electrons. The van der Waals surface area contributed by atoms with Crippen molar-refractivity contribution >= 4 is 16.1 Å². The van der Waals surface area contributed by atoms with Crippen LogP contribution in [-0.2, 0) is 14.8 Å². The van der Waals surface area contributed by atoms with Crippen molar-refractivity contribution in [2.75, 3.05) is 31.9 Å². The first-order valence-electron chi connectivity index (χ1n) is 8.52. The van der Waals surface area contributed by atoms with Crippen molar-refractivity contribution in [1.82, 2.24) is 14.9 Å². The Morgan fingerprint density at radius 2 is 1.74 bits per heavy atom. The third kappa shape index (κ3) is 5.93. The molecule has 1 saturated carbocycles. The third-order valence-corrected chi connectivity index (χ3v) is 6.26. The van der Waals surface area contributed by atoms with Gasteiger partial charge in [0.1, 0.15) is 0 Å². The predicted molar refractivity (Wildman–Crippen MR) is 88.7 cm³/mol. The first kappa shape index (κ1) is 18.5. The van der Waals surface area contributed by atoms with Crippen LogP contribution < -0.4 is 10.6 Å². The minimum atomic E-state index is -3.36. The highest BCUT2D eigenvalue weighted by atomic mass is 32.2. The lowest BCUT2D eigenvalue weighted by Gasteiger charge is -2.34. The zero-order valence-corrected chi connectivity index (χ0v) is 14.9. The highest BCUT2D eigenvalue weighted by Crippen LogP contribution is 2.23. The lowest BCUT2D eigenvalue weighted by molar-refractivity contribution is -0.0440. The summed E-state index contributed by atoms with van der Waals surface area (Å²) in [4.78, 5) is 11.7. The van der Waals surface area contributed by atoms with Crippen molar-refractivity contribution in [3.05, 3.63) is 0 Å². The Bertz CT molecular complexity index is 481. The van der Waals surface area contributed by atoms with Gasteiger partial charge in [-0.3, -0.25) is 0 Å². The minimum absolute atomic E-state index is 0.0801. The van der Waals surface area contributed by atoms with Crippen LogP contribution in [-0.4, -0.2) is 62.9 Å². The Morgan fingerprint density at radius 3 is 2.35 bits per heavy atom. The lowest BCUT2D eigenvalue weighted by atomic mass is 10.1. The summed E-state index contributed by atoms with van der Waals surface area (Å²) in [5, 5.41) is 5.46. The summed E-state index contributed by atoms with van der Waals surface area (Å²) >= 11 is 0. The summed E-state index contributed by atoms with van der Waals surface area (Å²) in [5.41, 5.74) is 0. The number of nitrogens with zero attached hydrogens (tertiary/aromatic N) is 1. The Morgan fingerprint density at radius 1 is 1.13 bits per heavy atom. The van der Waals surface area contributed by atoms with Gasteiger partial charge in [0.2, 0.25) is 10.0 Å². The fraction of sp³-hybridized carbons (Fsp3) is 0.933. The molecule has 1 saturated heterocycles. The number of ether oxygens (including phenoxy) is 1. The van der Waals surface area contributed by atoms with Gasteiger partial charge >= 0.3 is 6.03 Å². The summed E-state index contributed by atoms with van der Waals surface area (Å²) in [6, 6.07) is -0.282. The molecule has 0 aromatic heterocycles. The molecule has 2 amide bonds. The van der Waals surface area contributed by atoms with Gasteiger partial charge in [-0.15, -0.1) is 0 Å². The second kappa shape index (κ2) is 8.30. The fourth-order valence-electron chi connectivity index (χ4n) is 3.29. The molecule has 2 aliphatic rings. The van der Waals surface area contributed by atoms with Gasteiger partial charge in [-0.1, -0.05) is 12.8 Å². The topological polar surface area (TPSA) is 87.7 Å². The predicted octanol–water partition coefficient (Wildman–Crippen LogP) is 0.915. The van der Waals surface area contributed by atoms with Crippen LogP contribution in [0, 0.1) is 5.92 Å². The number of carbonyl (C=O) groups excluding carboxylic acids is 1. The van der Waals surface area contributed by atoms with Crippen molar-refractivity contribution in [1.29, 1.82) is 0 Å². The Hall–Kier alpha value is -0.860. The smallest absolute Gasteiger partial charge is 0.314 e. The summed E-state index contributed by atoms with van der Waals surface area (Å²) in [7, 11) is -3.36. The Balaban J connectivity index is 1.68. The van der Waals surface area contributed by atoms with Crippen molar-refractivity contribution in [3.63, 3.8) is 0 Å². The van der Waals surface area contributed by atoms with Gasteiger partial charge in [-0.05, 0) is 32.6 Å². The number of hydrogen-bond acceptors (Lipinski definition) is 4. The molecule has 0 spiro atoms. The summed E-state index contributed by atoms with van der Waals surface area (Å²) < 4.78 is 31.7. The van der Waals surface area contributed by atoms with Gasteiger partial charge in [0.15, 0.2) is 0 Å². The first-order chi connectivity index (χ1) is 10.9. The molecule has 0 unspecified atom stereocenters. The van der Waals surface area contributed by atoms with Crippen molar-refractivity contribution < 1.29 is 17.9 Å². The highest BCUT2D eigenvalue weighted by molar-refractivity contribution is 7.89. The number of nitrogens with one attached hydrogen (secondary N) is 2. The lowest BCUT2D eigenvalue weighted by Crippen LogP contribution is -2.50. The normalized spacial score (nSPS) is 27.0. The molecule has 1 aliphatic heterocycles. The van der Waals surface area contributed by atoms with E-state index < -0.39 is 10.0 Å². The van der Waals surface area contributed by atoms with Crippen LogP contribution in [0.1, 0.15) is 39.5 Å². The van der Waals surface area contributed by atoms with Crippen LogP contribution in [0.25, 0.3) is 0 Å². The van der Waals surface area contributed by atoms with Gasteiger partial charge < -0.3 is 15.4 Å². The maximum atomic E-state index is 12.3. The van der Waals surface area contributed by atoms with E-state index in [-0.39, 0.29) is 30.5 Å². The third-order valence-electron chi connectivity index (χ3n) is 4.45. The minimum Gasteiger partial charge on any atom is -0.373 e. The molecular weight excluding hydrogens is 318 g/mol. The van der Waals surface area contributed by atoms with Gasteiger partial charge in [0.25, 0.3) is 0 Å². The van der Waals surface area contributed by atoms with E-state index in [0.29, 0.717) is 25.6 Å². The Kier molecular flexibility index (Phi) is 6.67. The van der Waals surface area contributed by atoms with Crippen LogP contribution in [0.4, 0.5) is 4.79 Å². The molecule has 0 aromatic rings. The number of amides is 2. The molecule has 0 aromatic carbocycles. The van der Waals surface area contributed by atoms with Crippen molar-refractivity contribution in [2.45, 2.75) is 51.7 Å². The van der Waals surface area contributed by atoms with E-state index in [1.165, 1.54) is 30.0 Å². The number of hydrogen-bond donors (Lipinski definition) is 2. The second-order valence-corrected chi connectivity index (χ2v) is 8.77. The number of carbonyl (C=O) groups is 1. The van der Waals surface area contributed by atoms with Crippen molar-refractivity contribution in [2.24, 2.45) is 5.92 Å². The number of sulfonamides is 1. The molecular formula is C15H29N3O4S. The molecule has 2 N–H and O–H groups in total. The molecule has 23 heavy (non-hydrogen) atoms. The quantitative estimate of drug-likeness (QED) is 0.748. The van der Waals surface area contributed by atoms with E-state index in [1.54, 1.807) is 0 Å². The molecule has 2 fully saturated rings. The summed E-state index contributed by atoms with van der Waals surface area (Å²) in [6.07, 6.45) is 4.61. The zero-order chi connectivity index (χ0) is 16.9. The van der Waals surface area contributed by atoms with Crippen LogP contribution in [0.5, 0.6) is 0 Å². The van der Waals surface area contributed by atoms with Gasteiger partial charge in [0.05, 0.1) is 18.0 Å². The van der Waals surface area contributed by atoms with E-state index in [9.17, 15) is 13.2 Å². The van der Waals surface area contributed by atoms with Crippen LogP contribution in [0.2, 0.25) is 0 Å². The average molecular weight is 347 g/mol. The molecule has 1 heterocycles. The van der Waals surface area contributed by atoms with Crippen LogP contribution in [0.3, 0.4) is 0 Å². The zero-order valence-electron chi connectivity index (χ0n) is 14.1. The molecule has 7 nitrogen and oxygen atoms in total. The van der Waals surface area contributed by atoms with Gasteiger partial charge in [-0.25, -0.2) is 13.2 Å². The molecule has 2 rings (SSSR count). The molecule has 0 bridgehead atoms. The second-order valence-electron chi connectivity index (χ2n) is 6.68. The number of morpholine rings is 1. The maximum Gasteiger partial charge on any atom is 0.314 e. The SMILES string of the molecule is C[C@@H]1CN(S(=O)(=O)CCNC(=O)NCC2CCCC2)C[C@@H](C)O1. The first-order valence-corrected chi connectivity index (χ1v) is 10.1.